The molecule has 0 atom stereocenters. The van der Waals surface area contributed by atoms with Crippen LogP contribution in [0.4, 0.5) is 0 Å². The number of pyridine rings is 1. The van der Waals surface area contributed by atoms with Crippen molar-refractivity contribution in [2.75, 3.05) is 0 Å². The minimum absolute atomic E-state index is 0. The van der Waals surface area contributed by atoms with Gasteiger partial charge in [0, 0.05) is 44.2 Å². The van der Waals surface area contributed by atoms with Crippen molar-refractivity contribution in [2.24, 2.45) is 5.92 Å². The van der Waals surface area contributed by atoms with Crippen LogP contribution in [0.15, 0.2) is 140 Å². The molecule has 324 valence electrons. The third kappa shape index (κ3) is 9.39. The molecule has 0 spiro atoms. The minimum atomic E-state index is -0.311. The Hall–Kier alpha value is -5.57. The molecule has 0 aliphatic carbocycles. The van der Waals surface area contributed by atoms with E-state index in [4.69, 9.17) is 9.97 Å². The van der Waals surface area contributed by atoms with Gasteiger partial charge in [-0.05, 0) is 92.3 Å². The van der Waals surface area contributed by atoms with Gasteiger partial charge in [0.2, 0.25) is 0 Å². The average molecular weight is 1010 g/mol. The molecule has 6 aromatic carbocycles. The Bertz CT molecular complexity index is 2910. The number of imidazole rings is 1. The van der Waals surface area contributed by atoms with Crippen molar-refractivity contribution in [2.45, 2.75) is 98.8 Å². The number of aromatic nitrogens is 3. The standard InChI is InChI=1S/C58H60N3O.Pt/c1-37(2)29-41-33-46(25-26-47(41)39-21-16-13-17-22-39)61-52-24-18-23-48(53(52)60-55(61)49-35-45(57(6,7)8)36-50(54(49)62)58(9,10)11)42-30-43(32-44(31-42)56(3,4)5)51-34-40(27-28-59-51)38-19-14-12-15-20-38;/h12-28,31-37,62H,29H2,1-11H3;/q-1;. The van der Waals surface area contributed by atoms with Crippen LogP contribution < -0.4 is 0 Å². The maximum Gasteiger partial charge on any atom is 0.148 e. The van der Waals surface area contributed by atoms with Gasteiger partial charge in [0.25, 0.3) is 0 Å². The topological polar surface area (TPSA) is 50.9 Å². The molecule has 0 aliphatic heterocycles. The Labute approximate surface area is 389 Å². The van der Waals surface area contributed by atoms with Gasteiger partial charge in [0.15, 0.2) is 0 Å². The van der Waals surface area contributed by atoms with Crippen molar-refractivity contribution < 1.29 is 26.2 Å². The second kappa shape index (κ2) is 17.5. The van der Waals surface area contributed by atoms with Crippen LogP contribution in [0.25, 0.3) is 72.7 Å². The number of phenols is 1. The van der Waals surface area contributed by atoms with Gasteiger partial charge in [-0.3, -0.25) is 9.55 Å². The fraction of sp³-hybridized carbons (Fsp3) is 0.276. The Morgan fingerprint density at radius 1 is 0.587 bits per heavy atom. The van der Waals surface area contributed by atoms with E-state index in [1.54, 1.807) is 0 Å². The second-order valence-corrected chi connectivity index (χ2v) is 20.4. The predicted molar refractivity (Wildman–Crippen MR) is 261 cm³/mol. The predicted octanol–water partition coefficient (Wildman–Crippen LogP) is 15.3. The first-order valence-electron chi connectivity index (χ1n) is 22.1. The number of benzene rings is 6. The number of rotatable bonds is 8. The number of para-hydroxylation sites is 1. The molecule has 63 heavy (non-hydrogen) atoms. The average Bonchev–Trinajstić information content (AvgIpc) is 3.62. The summed E-state index contributed by atoms with van der Waals surface area (Å²) in [6.45, 7) is 24.5. The van der Waals surface area contributed by atoms with Gasteiger partial charge in [0.1, 0.15) is 11.6 Å². The van der Waals surface area contributed by atoms with E-state index < -0.39 is 0 Å². The van der Waals surface area contributed by atoms with Crippen molar-refractivity contribution >= 4 is 11.0 Å². The van der Waals surface area contributed by atoms with Crippen molar-refractivity contribution in [1.82, 2.24) is 14.5 Å². The van der Waals surface area contributed by atoms with Crippen LogP contribution in [-0.4, -0.2) is 19.6 Å². The fourth-order valence-corrected chi connectivity index (χ4v) is 8.47. The number of nitrogens with zero attached hydrogens (tertiary/aromatic N) is 3. The molecule has 0 fully saturated rings. The number of hydrogen-bond donors (Lipinski definition) is 1. The molecular formula is C58H60N3OPt-. The normalized spacial score (nSPS) is 12.2. The molecule has 0 bridgehead atoms. The van der Waals surface area contributed by atoms with E-state index in [1.165, 1.54) is 22.3 Å². The summed E-state index contributed by atoms with van der Waals surface area (Å²) in [5, 5.41) is 12.4. The van der Waals surface area contributed by atoms with E-state index in [2.05, 4.69) is 214 Å². The summed E-state index contributed by atoms with van der Waals surface area (Å²) in [4.78, 5) is 10.5. The van der Waals surface area contributed by atoms with Crippen LogP contribution in [0.1, 0.15) is 98.4 Å². The summed E-state index contributed by atoms with van der Waals surface area (Å²) in [6.07, 6.45) is 2.81. The smallest absolute Gasteiger partial charge is 0.148 e. The molecule has 0 aliphatic rings. The molecule has 0 saturated heterocycles. The number of fused-ring (bicyclic) bond motifs is 1. The molecule has 5 heteroatoms. The van der Waals surface area contributed by atoms with E-state index in [0.29, 0.717) is 11.7 Å². The van der Waals surface area contributed by atoms with Gasteiger partial charge in [-0.15, -0.1) is 29.3 Å². The molecule has 4 nitrogen and oxygen atoms in total. The Balaban J connectivity index is 0.00000595. The fourth-order valence-electron chi connectivity index (χ4n) is 8.47. The molecular weight excluding hydrogens is 950 g/mol. The maximum absolute atomic E-state index is 12.4. The quantitative estimate of drug-likeness (QED) is 0.154. The summed E-state index contributed by atoms with van der Waals surface area (Å²) < 4.78 is 2.27. The van der Waals surface area contributed by atoms with Crippen LogP contribution in [0.2, 0.25) is 0 Å². The Morgan fingerprint density at radius 3 is 1.86 bits per heavy atom. The van der Waals surface area contributed by atoms with Crippen LogP contribution in [0.3, 0.4) is 0 Å². The van der Waals surface area contributed by atoms with Crippen LogP contribution >= 0.6 is 0 Å². The van der Waals surface area contributed by atoms with E-state index in [-0.39, 0.29) is 43.1 Å². The van der Waals surface area contributed by atoms with Crippen molar-refractivity contribution in [3.05, 3.63) is 168 Å². The molecule has 0 radical (unpaired) electrons. The number of phenolic OH excluding ortho intramolecular Hbond substituents is 1. The molecule has 8 aromatic rings. The van der Waals surface area contributed by atoms with E-state index >= 15 is 0 Å². The first kappa shape index (κ1) is 45.5. The largest absolute Gasteiger partial charge is 0.507 e. The van der Waals surface area contributed by atoms with Crippen molar-refractivity contribution in [1.29, 1.82) is 0 Å². The van der Waals surface area contributed by atoms with E-state index in [0.717, 1.165) is 73.3 Å². The molecule has 2 heterocycles. The second-order valence-electron chi connectivity index (χ2n) is 20.4. The first-order chi connectivity index (χ1) is 29.4. The van der Waals surface area contributed by atoms with E-state index in [1.807, 2.05) is 12.3 Å². The maximum atomic E-state index is 12.4. The summed E-state index contributed by atoms with van der Waals surface area (Å²) >= 11 is 0. The van der Waals surface area contributed by atoms with E-state index in [9.17, 15) is 5.11 Å². The molecule has 0 unspecified atom stereocenters. The SMILES string of the molecule is CC(C)Cc1cc(-n2c(-c3cc(C(C)(C)C)cc(C(C)(C)C)c3O)nc3c(-c4[c-]c(-c5cc(-c6ccccc6)ccn5)cc(C(C)(C)C)c4)cccc32)ccc1-c1ccccc1.[Pt]. The van der Waals surface area contributed by atoms with Gasteiger partial charge in [0.05, 0.1) is 16.6 Å². The monoisotopic (exact) mass is 1010 g/mol. The zero-order valence-corrected chi connectivity index (χ0v) is 40.9. The van der Waals surface area contributed by atoms with Gasteiger partial charge in [-0.25, -0.2) is 4.98 Å². The minimum Gasteiger partial charge on any atom is -0.507 e. The van der Waals surface area contributed by atoms with Crippen LogP contribution in [-0.2, 0) is 43.7 Å². The molecule has 2 aromatic heterocycles. The molecule has 0 saturated carbocycles. The molecule has 0 amide bonds. The van der Waals surface area contributed by atoms with Gasteiger partial charge in [-0.2, -0.15) is 0 Å². The van der Waals surface area contributed by atoms with Gasteiger partial charge >= 0.3 is 0 Å². The number of aromatic hydroxyl groups is 1. The summed E-state index contributed by atoms with van der Waals surface area (Å²) in [5.41, 5.74) is 15.8. The third-order valence-electron chi connectivity index (χ3n) is 11.9. The van der Waals surface area contributed by atoms with Gasteiger partial charge in [-0.1, -0.05) is 178 Å². The zero-order chi connectivity index (χ0) is 44.1. The first-order valence-corrected chi connectivity index (χ1v) is 22.1. The summed E-state index contributed by atoms with van der Waals surface area (Å²) in [5.74, 6) is 1.41. The summed E-state index contributed by atoms with van der Waals surface area (Å²) in [6, 6.07) is 51.3. The zero-order valence-electron chi connectivity index (χ0n) is 38.7. The van der Waals surface area contributed by atoms with Crippen molar-refractivity contribution in [3.63, 3.8) is 0 Å². The van der Waals surface area contributed by atoms with Crippen LogP contribution in [0.5, 0.6) is 5.75 Å². The Morgan fingerprint density at radius 2 is 1.22 bits per heavy atom. The Kier molecular flexibility index (Phi) is 12.7. The summed E-state index contributed by atoms with van der Waals surface area (Å²) in [7, 11) is 0. The number of hydrogen-bond acceptors (Lipinski definition) is 3. The van der Waals surface area contributed by atoms with Gasteiger partial charge < -0.3 is 5.11 Å². The third-order valence-corrected chi connectivity index (χ3v) is 11.9. The molecule has 1 N–H and O–H groups in total. The molecule has 8 rings (SSSR count). The van der Waals surface area contributed by atoms with Crippen LogP contribution in [0, 0.1) is 12.0 Å². The van der Waals surface area contributed by atoms with Crippen molar-refractivity contribution in [3.8, 4) is 67.5 Å².